The summed E-state index contributed by atoms with van der Waals surface area (Å²) in [6, 6.07) is 5.64. The Hall–Kier alpha value is -3.31. The van der Waals surface area contributed by atoms with Gasteiger partial charge in [0, 0.05) is 38.5 Å². The van der Waals surface area contributed by atoms with Gasteiger partial charge >= 0.3 is 0 Å². The van der Waals surface area contributed by atoms with Gasteiger partial charge in [-0.3, -0.25) is 4.79 Å². The average molecular weight is 467 g/mol. The van der Waals surface area contributed by atoms with Crippen LogP contribution < -0.4 is 10.5 Å². The summed E-state index contributed by atoms with van der Waals surface area (Å²) in [5.74, 6) is 5.16. The molecule has 4 rings (SSSR count). The van der Waals surface area contributed by atoms with Crippen LogP contribution in [0.25, 0.3) is 11.2 Å². The highest BCUT2D eigenvalue weighted by Crippen LogP contribution is 2.27. The van der Waals surface area contributed by atoms with Gasteiger partial charge in [-0.15, -0.1) is 6.42 Å². The van der Waals surface area contributed by atoms with Gasteiger partial charge in [0.2, 0.25) is 11.2 Å². The summed E-state index contributed by atoms with van der Waals surface area (Å²) in [7, 11) is 1.62. The monoisotopic (exact) mass is 466 g/mol. The van der Waals surface area contributed by atoms with Crippen molar-refractivity contribution < 1.29 is 9.53 Å². The molecule has 1 aromatic carbocycles. The molecule has 0 radical (unpaired) electrons. The Morgan fingerprint density at radius 1 is 1.30 bits per heavy atom. The number of fused-ring (bicyclic) bond motifs is 1. The van der Waals surface area contributed by atoms with Crippen LogP contribution in [0.5, 0.6) is 5.75 Å². The Morgan fingerprint density at radius 2 is 2.06 bits per heavy atom. The molecule has 0 unspecified atom stereocenters. The number of rotatable bonds is 6. The first-order valence-corrected chi connectivity index (χ1v) is 11.3. The zero-order valence-electron chi connectivity index (χ0n) is 18.8. The number of hydrogen-bond acceptors (Lipinski definition) is 6. The molecular weight excluding hydrogens is 440 g/mol. The summed E-state index contributed by atoms with van der Waals surface area (Å²) in [5.41, 5.74) is 8.98. The van der Waals surface area contributed by atoms with Crippen molar-refractivity contribution in [2.45, 2.75) is 39.2 Å². The minimum absolute atomic E-state index is 0.0909. The molecule has 1 amide bonds. The fourth-order valence-corrected chi connectivity index (χ4v) is 4.58. The Balaban J connectivity index is 1.65. The Kier molecular flexibility index (Phi) is 6.70. The molecule has 33 heavy (non-hydrogen) atoms. The molecule has 1 saturated heterocycles. The molecule has 0 aliphatic carbocycles. The number of carbonyl (C=O) groups excluding carboxylic acids is 1. The van der Waals surface area contributed by atoms with E-state index in [2.05, 4.69) is 20.5 Å². The summed E-state index contributed by atoms with van der Waals surface area (Å²) < 4.78 is 7.45. The number of ether oxygens (including phenoxy) is 1. The van der Waals surface area contributed by atoms with Crippen LogP contribution in [0.3, 0.4) is 0 Å². The lowest BCUT2D eigenvalue weighted by Gasteiger charge is -2.31. The van der Waals surface area contributed by atoms with Crippen LogP contribution in [0.4, 0.5) is 5.82 Å². The molecule has 0 bridgehead atoms. The fraction of sp³-hybridized carbons (Fsp3) is 0.417. The van der Waals surface area contributed by atoms with E-state index >= 15 is 0 Å². The van der Waals surface area contributed by atoms with Crippen molar-refractivity contribution in [3.8, 4) is 18.1 Å². The summed E-state index contributed by atoms with van der Waals surface area (Å²) in [6.45, 7) is 3.93. The van der Waals surface area contributed by atoms with E-state index in [-0.39, 0.29) is 17.0 Å². The number of imidazole rings is 1. The number of benzene rings is 1. The van der Waals surface area contributed by atoms with Gasteiger partial charge in [-0.25, -0.2) is 4.98 Å². The number of nitrogens with zero attached hydrogens (tertiary/aromatic N) is 5. The maximum atomic E-state index is 11.6. The number of anilines is 1. The first-order chi connectivity index (χ1) is 15.9. The predicted octanol–water partition coefficient (Wildman–Crippen LogP) is 3.29. The number of aromatic nitrogens is 4. The maximum Gasteiger partial charge on any atom is 0.226 e. The van der Waals surface area contributed by atoms with Crippen molar-refractivity contribution in [2.75, 3.05) is 25.9 Å². The third-order valence-electron chi connectivity index (χ3n) is 6.31. The number of amides is 1. The minimum Gasteiger partial charge on any atom is -0.497 e. The van der Waals surface area contributed by atoms with E-state index in [4.69, 9.17) is 33.5 Å². The van der Waals surface area contributed by atoms with E-state index in [0.29, 0.717) is 30.0 Å². The van der Waals surface area contributed by atoms with Crippen molar-refractivity contribution in [1.82, 2.24) is 24.4 Å². The molecule has 172 valence electrons. The number of carbonyl (C=O) groups is 1. The molecule has 8 nitrogen and oxygen atoms in total. The second kappa shape index (κ2) is 9.67. The molecule has 3 heterocycles. The molecule has 3 aromatic rings. The molecular formula is C24H27ClN6O2. The number of halogens is 1. The largest absolute Gasteiger partial charge is 0.497 e. The molecule has 0 atom stereocenters. The van der Waals surface area contributed by atoms with Gasteiger partial charge in [0.05, 0.1) is 7.11 Å². The smallest absolute Gasteiger partial charge is 0.226 e. The number of hydrogen-bond donors (Lipinski definition) is 1. The highest BCUT2D eigenvalue weighted by atomic mass is 35.5. The first-order valence-electron chi connectivity index (χ1n) is 11.0. The Bertz CT molecular complexity index is 1220. The van der Waals surface area contributed by atoms with Gasteiger partial charge in [-0.05, 0) is 60.5 Å². The van der Waals surface area contributed by atoms with Crippen LogP contribution in [0, 0.1) is 18.3 Å². The second-order valence-corrected chi connectivity index (χ2v) is 8.65. The lowest BCUT2D eigenvalue weighted by Crippen LogP contribution is -2.37. The molecule has 2 N–H and O–H groups in total. The van der Waals surface area contributed by atoms with E-state index in [9.17, 15) is 4.79 Å². The van der Waals surface area contributed by atoms with E-state index < -0.39 is 0 Å². The first kappa shape index (κ1) is 22.9. The quantitative estimate of drug-likeness (QED) is 0.442. The summed E-state index contributed by atoms with van der Waals surface area (Å²) in [6.07, 6.45) is 9.13. The third-order valence-corrected chi connectivity index (χ3v) is 6.48. The topological polar surface area (TPSA) is 99.2 Å². The molecule has 0 saturated carbocycles. The van der Waals surface area contributed by atoms with Crippen LogP contribution in [0.1, 0.15) is 43.1 Å². The number of likely N-dealkylation sites (tertiary alicyclic amines) is 1. The summed E-state index contributed by atoms with van der Waals surface area (Å²) in [4.78, 5) is 26.8. The summed E-state index contributed by atoms with van der Waals surface area (Å²) in [5, 5.41) is 0.0909. The van der Waals surface area contributed by atoms with Gasteiger partial charge in [0.25, 0.3) is 0 Å². The van der Waals surface area contributed by atoms with Crippen LogP contribution in [0.2, 0.25) is 5.28 Å². The Labute approximate surface area is 198 Å². The lowest BCUT2D eigenvalue weighted by atomic mass is 9.93. The highest BCUT2D eigenvalue weighted by molar-refractivity contribution is 6.28. The minimum atomic E-state index is 0.0909. The van der Waals surface area contributed by atoms with E-state index in [1.54, 1.807) is 14.0 Å². The molecule has 9 heteroatoms. The standard InChI is InChI=1S/C24H27ClN6O2/c1-4-17-5-6-19(33-3)13-18(17)14-20-27-21-22(26)28-24(25)29-23(21)31(20)12-9-16-7-10-30(11-8-16)15(2)32/h1,5-6,13,16H,7-12,14H2,2-3H3,(H2,26,28,29). The fourth-order valence-electron chi connectivity index (χ4n) is 4.41. The zero-order chi connectivity index (χ0) is 23.5. The number of terminal acetylenes is 1. The summed E-state index contributed by atoms with van der Waals surface area (Å²) >= 11 is 6.12. The number of methoxy groups -OCH3 is 1. The van der Waals surface area contributed by atoms with E-state index in [0.717, 1.165) is 55.1 Å². The predicted molar refractivity (Wildman–Crippen MR) is 128 cm³/mol. The van der Waals surface area contributed by atoms with Crippen LogP contribution in [-0.2, 0) is 17.8 Å². The lowest BCUT2D eigenvalue weighted by molar-refractivity contribution is -0.130. The van der Waals surface area contributed by atoms with Crippen LogP contribution >= 0.6 is 11.6 Å². The van der Waals surface area contributed by atoms with E-state index in [1.807, 2.05) is 23.1 Å². The molecule has 1 aliphatic heterocycles. The third kappa shape index (κ3) is 4.88. The van der Waals surface area contributed by atoms with Gasteiger partial charge in [-0.2, -0.15) is 9.97 Å². The zero-order valence-corrected chi connectivity index (χ0v) is 19.6. The van der Waals surface area contributed by atoms with Crippen LogP contribution in [0.15, 0.2) is 18.2 Å². The van der Waals surface area contributed by atoms with Gasteiger partial charge in [-0.1, -0.05) is 5.92 Å². The Morgan fingerprint density at radius 3 is 2.73 bits per heavy atom. The van der Waals surface area contributed by atoms with Gasteiger partial charge in [0.15, 0.2) is 17.0 Å². The van der Waals surface area contributed by atoms with Crippen LogP contribution in [-0.4, -0.2) is 50.5 Å². The highest BCUT2D eigenvalue weighted by Gasteiger charge is 2.23. The molecule has 2 aromatic heterocycles. The van der Waals surface area contributed by atoms with Crippen molar-refractivity contribution in [3.05, 3.63) is 40.4 Å². The van der Waals surface area contributed by atoms with Gasteiger partial charge in [0.1, 0.15) is 11.6 Å². The molecule has 1 fully saturated rings. The number of piperidine rings is 1. The van der Waals surface area contributed by atoms with E-state index in [1.165, 1.54) is 0 Å². The van der Waals surface area contributed by atoms with Crippen molar-refractivity contribution in [1.29, 1.82) is 0 Å². The second-order valence-electron chi connectivity index (χ2n) is 8.31. The number of nitrogen functional groups attached to an aromatic ring is 1. The number of aryl methyl sites for hydroxylation is 1. The maximum absolute atomic E-state index is 11.6. The average Bonchev–Trinajstić information content (AvgIpc) is 3.15. The molecule has 1 aliphatic rings. The number of nitrogens with two attached hydrogens (primary N) is 1. The van der Waals surface area contributed by atoms with Crippen molar-refractivity contribution >= 4 is 34.5 Å². The van der Waals surface area contributed by atoms with Gasteiger partial charge < -0.3 is 19.9 Å². The van der Waals surface area contributed by atoms with Crippen molar-refractivity contribution in [2.24, 2.45) is 5.92 Å². The molecule has 0 spiro atoms. The normalized spacial score (nSPS) is 14.4. The SMILES string of the molecule is C#Cc1ccc(OC)cc1Cc1nc2c(N)nc(Cl)nc2n1CCC1CCN(C(C)=O)CC1. The van der Waals surface area contributed by atoms with Crippen molar-refractivity contribution in [3.63, 3.8) is 0 Å².